The summed E-state index contributed by atoms with van der Waals surface area (Å²) in [7, 11) is 1.72. The lowest BCUT2D eigenvalue weighted by molar-refractivity contribution is 0.0949. The number of aromatic nitrogens is 1. The zero-order chi connectivity index (χ0) is 17.6. The lowest BCUT2D eigenvalue weighted by Crippen LogP contribution is -2.06. The Kier molecular flexibility index (Phi) is 6.05. The predicted molar refractivity (Wildman–Crippen MR) is 98.9 cm³/mol. The van der Waals surface area contributed by atoms with Gasteiger partial charge in [-0.2, -0.15) is 0 Å². The van der Waals surface area contributed by atoms with Gasteiger partial charge in [-0.05, 0) is 67.5 Å². The highest BCUT2D eigenvalue weighted by molar-refractivity contribution is 5.72. The third-order valence-electron chi connectivity index (χ3n) is 4.65. The molecule has 0 saturated heterocycles. The molecule has 0 unspecified atom stereocenters. The summed E-state index contributed by atoms with van der Waals surface area (Å²) >= 11 is 0. The minimum absolute atomic E-state index is 0.563. The van der Waals surface area contributed by atoms with Gasteiger partial charge in [0.2, 0.25) is 0 Å². The standard InChI is InChI=1S/C21H27NO3/c1-15-11-22-12-16(2)20(15)17-9-18-13-24-7-5-4-6-8-25-14-19(10-17)21(18)23-3/h9-12H,4-8,13-14H2,1-3H3. The SMILES string of the molecule is COc1c2cc(-c3c(C)cncc3C)cc1COCCCCCOC2. The molecule has 0 amide bonds. The maximum absolute atomic E-state index is 5.91. The molecule has 2 aromatic rings. The highest BCUT2D eigenvalue weighted by atomic mass is 16.5. The van der Waals surface area contributed by atoms with Gasteiger partial charge in [-0.15, -0.1) is 0 Å². The van der Waals surface area contributed by atoms with Gasteiger partial charge in [0.05, 0.1) is 20.3 Å². The van der Waals surface area contributed by atoms with Crippen molar-refractivity contribution >= 4 is 0 Å². The van der Waals surface area contributed by atoms with Crippen molar-refractivity contribution in [2.24, 2.45) is 0 Å². The van der Waals surface area contributed by atoms with E-state index in [1.807, 2.05) is 12.4 Å². The van der Waals surface area contributed by atoms with Crippen LogP contribution < -0.4 is 4.74 Å². The molecule has 0 saturated carbocycles. The second-order valence-electron chi connectivity index (χ2n) is 6.64. The van der Waals surface area contributed by atoms with E-state index >= 15 is 0 Å². The van der Waals surface area contributed by atoms with Crippen molar-refractivity contribution < 1.29 is 14.2 Å². The van der Waals surface area contributed by atoms with Gasteiger partial charge in [-0.1, -0.05) is 0 Å². The Hall–Kier alpha value is -1.91. The van der Waals surface area contributed by atoms with Crippen LogP contribution in [0.15, 0.2) is 24.5 Å². The molecule has 0 aliphatic carbocycles. The number of hydrogen-bond acceptors (Lipinski definition) is 4. The summed E-state index contributed by atoms with van der Waals surface area (Å²) in [5, 5.41) is 0. The van der Waals surface area contributed by atoms with Gasteiger partial charge in [0.25, 0.3) is 0 Å². The summed E-state index contributed by atoms with van der Waals surface area (Å²) in [5.41, 5.74) is 6.90. The molecule has 1 aliphatic heterocycles. The molecule has 2 heterocycles. The van der Waals surface area contributed by atoms with E-state index in [9.17, 15) is 0 Å². The van der Waals surface area contributed by atoms with E-state index in [1.165, 1.54) is 22.3 Å². The minimum atomic E-state index is 0.563. The maximum Gasteiger partial charge on any atom is 0.129 e. The van der Waals surface area contributed by atoms with Crippen molar-refractivity contribution in [1.82, 2.24) is 4.98 Å². The Labute approximate surface area is 150 Å². The van der Waals surface area contributed by atoms with E-state index < -0.39 is 0 Å². The van der Waals surface area contributed by atoms with Gasteiger partial charge in [0.1, 0.15) is 5.75 Å². The van der Waals surface area contributed by atoms with Crippen LogP contribution in [-0.4, -0.2) is 25.3 Å². The monoisotopic (exact) mass is 341 g/mol. The topological polar surface area (TPSA) is 40.6 Å². The van der Waals surface area contributed by atoms with Crippen molar-refractivity contribution in [1.29, 1.82) is 0 Å². The van der Waals surface area contributed by atoms with Crippen molar-refractivity contribution in [3.63, 3.8) is 0 Å². The Bertz CT molecular complexity index is 676. The molecule has 0 N–H and O–H groups in total. The Morgan fingerprint density at radius 1 is 0.880 bits per heavy atom. The Morgan fingerprint density at radius 3 is 1.96 bits per heavy atom. The minimum Gasteiger partial charge on any atom is -0.496 e. The van der Waals surface area contributed by atoms with Crippen molar-refractivity contribution in [3.8, 4) is 16.9 Å². The lowest BCUT2D eigenvalue weighted by Gasteiger charge is -2.19. The molecule has 1 aromatic carbocycles. The van der Waals surface area contributed by atoms with Crippen LogP contribution in [0.2, 0.25) is 0 Å². The summed E-state index contributed by atoms with van der Waals surface area (Å²) in [6, 6.07) is 4.37. The number of ether oxygens (including phenoxy) is 3. The van der Waals surface area contributed by atoms with Gasteiger partial charge < -0.3 is 14.2 Å². The average molecular weight is 341 g/mol. The molecule has 4 heteroatoms. The van der Waals surface area contributed by atoms with Crippen LogP contribution in [0.4, 0.5) is 0 Å². The van der Waals surface area contributed by atoms with Crippen molar-refractivity contribution in [2.45, 2.75) is 46.3 Å². The maximum atomic E-state index is 5.91. The zero-order valence-corrected chi connectivity index (χ0v) is 15.4. The van der Waals surface area contributed by atoms with Gasteiger partial charge in [0.15, 0.2) is 0 Å². The molecule has 0 radical (unpaired) electrons. The van der Waals surface area contributed by atoms with Crippen molar-refractivity contribution in [3.05, 3.63) is 46.8 Å². The fraction of sp³-hybridized carbons (Fsp3) is 0.476. The van der Waals surface area contributed by atoms with Crippen LogP contribution in [-0.2, 0) is 22.7 Å². The van der Waals surface area contributed by atoms with E-state index in [1.54, 1.807) is 7.11 Å². The summed E-state index contributed by atoms with van der Waals surface area (Å²) < 4.78 is 17.5. The van der Waals surface area contributed by atoms with Gasteiger partial charge in [0, 0.05) is 36.7 Å². The molecule has 4 nitrogen and oxygen atoms in total. The fourth-order valence-electron chi connectivity index (χ4n) is 3.48. The second kappa shape index (κ2) is 8.45. The van der Waals surface area contributed by atoms with E-state index in [0.717, 1.165) is 49.4 Å². The number of rotatable bonds is 2. The predicted octanol–water partition coefficient (Wildman–Crippen LogP) is 4.59. The Balaban J connectivity index is 2.08. The first-order valence-corrected chi connectivity index (χ1v) is 8.97. The van der Waals surface area contributed by atoms with Crippen LogP contribution >= 0.6 is 0 Å². The molecule has 134 valence electrons. The van der Waals surface area contributed by atoms with E-state index in [0.29, 0.717) is 13.2 Å². The molecule has 1 aliphatic rings. The van der Waals surface area contributed by atoms with Crippen LogP contribution in [0.25, 0.3) is 11.1 Å². The third-order valence-corrected chi connectivity index (χ3v) is 4.65. The number of hydrogen-bond donors (Lipinski definition) is 0. The molecule has 25 heavy (non-hydrogen) atoms. The smallest absolute Gasteiger partial charge is 0.129 e. The van der Waals surface area contributed by atoms with Crippen LogP contribution in [0.1, 0.15) is 41.5 Å². The summed E-state index contributed by atoms with van der Waals surface area (Å²) in [5.74, 6) is 0.883. The second-order valence-corrected chi connectivity index (χ2v) is 6.64. The first-order valence-electron chi connectivity index (χ1n) is 8.97. The summed E-state index contributed by atoms with van der Waals surface area (Å²) in [6.07, 6.45) is 7.11. The molecule has 0 atom stereocenters. The number of aryl methyl sites for hydroxylation is 2. The molecular formula is C21H27NO3. The van der Waals surface area contributed by atoms with Gasteiger partial charge in [-0.3, -0.25) is 4.98 Å². The van der Waals surface area contributed by atoms with Crippen LogP contribution in [0.5, 0.6) is 5.75 Å². The van der Waals surface area contributed by atoms with Crippen molar-refractivity contribution in [2.75, 3.05) is 20.3 Å². The van der Waals surface area contributed by atoms with Crippen LogP contribution in [0, 0.1) is 13.8 Å². The van der Waals surface area contributed by atoms with E-state index in [-0.39, 0.29) is 0 Å². The third kappa shape index (κ3) is 4.20. The molecule has 1 aromatic heterocycles. The molecule has 0 spiro atoms. The summed E-state index contributed by atoms with van der Waals surface area (Å²) in [6.45, 7) is 6.88. The number of benzene rings is 1. The molecular weight excluding hydrogens is 314 g/mol. The Morgan fingerprint density at radius 2 is 1.44 bits per heavy atom. The first kappa shape index (κ1) is 17.9. The van der Waals surface area contributed by atoms with E-state index in [4.69, 9.17) is 14.2 Å². The largest absolute Gasteiger partial charge is 0.496 e. The quantitative estimate of drug-likeness (QED) is 0.801. The molecule has 2 bridgehead atoms. The highest BCUT2D eigenvalue weighted by Crippen LogP contribution is 2.35. The number of pyridine rings is 1. The molecule has 0 fully saturated rings. The fourth-order valence-corrected chi connectivity index (χ4v) is 3.48. The number of methoxy groups -OCH3 is 1. The summed E-state index contributed by atoms with van der Waals surface area (Å²) in [4.78, 5) is 4.29. The lowest BCUT2D eigenvalue weighted by atomic mass is 9.94. The van der Waals surface area contributed by atoms with E-state index in [2.05, 4.69) is 31.0 Å². The average Bonchev–Trinajstić information content (AvgIpc) is 2.59. The number of nitrogens with zero attached hydrogens (tertiary/aromatic N) is 1. The number of fused-ring (bicyclic) bond motifs is 2. The van der Waals surface area contributed by atoms with Gasteiger partial charge >= 0.3 is 0 Å². The first-order chi connectivity index (χ1) is 12.2. The highest BCUT2D eigenvalue weighted by Gasteiger charge is 2.16. The molecule has 3 rings (SSSR count). The zero-order valence-electron chi connectivity index (χ0n) is 15.4. The normalized spacial score (nSPS) is 16.0. The van der Waals surface area contributed by atoms with Gasteiger partial charge in [-0.25, -0.2) is 0 Å². The van der Waals surface area contributed by atoms with Crippen LogP contribution in [0.3, 0.4) is 0 Å².